The number of urea groups is 1. The third-order valence-corrected chi connectivity index (χ3v) is 7.82. The summed E-state index contributed by atoms with van der Waals surface area (Å²) in [6.07, 6.45) is 0.559. The first-order valence-corrected chi connectivity index (χ1v) is 15.3. The van der Waals surface area contributed by atoms with Gasteiger partial charge in [-0.3, -0.25) is 15.1 Å². The summed E-state index contributed by atoms with van der Waals surface area (Å²) in [5, 5.41) is 12.9. The monoisotopic (exact) mass is 659 g/mol. The van der Waals surface area contributed by atoms with E-state index >= 15 is 0 Å². The van der Waals surface area contributed by atoms with Gasteiger partial charge in [-0.15, -0.1) is 0 Å². The van der Waals surface area contributed by atoms with Crippen LogP contribution < -0.4 is 26.4 Å². The average molecular weight is 660 g/mol. The lowest BCUT2D eigenvalue weighted by Gasteiger charge is -2.38. The zero-order chi connectivity index (χ0) is 35.4. The highest BCUT2D eigenvalue weighted by molar-refractivity contribution is 5.99. The molecule has 2 aromatic carbocycles. The molecule has 0 saturated heterocycles. The van der Waals surface area contributed by atoms with Crippen LogP contribution in [0.1, 0.15) is 65.4 Å². The van der Waals surface area contributed by atoms with Gasteiger partial charge in [-0.1, -0.05) is 53.7 Å². The van der Waals surface area contributed by atoms with Crippen LogP contribution in [0.2, 0.25) is 0 Å². The minimum Gasteiger partial charge on any atom is -0.457 e. The molecule has 0 aliphatic heterocycles. The summed E-state index contributed by atoms with van der Waals surface area (Å²) in [5.74, 6) is -0.0262. The van der Waals surface area contributed by atoms with Crippen LogP contribution in [0.25, 0.3) is 5.69 Å². The Morgan fingerprint density at radius 2 is 1.56 bits per heavy atom. The van der Waals surface area contributed by atoms with Crippen molar-refractivity contribution in [2.75, 3.05) is 10.6 Å². The fourth-order valence-electron chi connectivity index (χ4n) is 4.53. The summed E-state index contributed by atoms with van der Waals surface area (Å²) in [4.78, 5) is 41.8. The molecule has 2 aromatic heterocycles. The lowest BCUT2D eigenvalue weighted by Crippen LogP contribution is -2.56. The first kappa shape index (κ1) is 35.4. The van der Waals surface area contributed by atoms with E-state index < -0.39 is 34.9 Å². The molecule has 48 heavy (non-hydrogen) atoms. The van der Waals surface area contributed by atoms with Gasteiger partial charge in [-0.25, -0.2) is 18.7 Å². The number of hydrogen-bond donors (Lipinski definition) is 4. The van der Waals surface area contributed by atoms with E-state index in [-0.39, 0.29) is 23.4 Å². The van der Waals surface area contributed by atoms with Gasteiger partial charge in [0.2, 0.25) is 0 Å². The number of nitrogens with one attached hydrogen (secondary N) is 3. The molecule has 0 aliphatic carbocycles. The first-order chi connectivity index (χ1) is 22.4. The molecule has 0 saturated carbocycles. The van der Waals surface area contributed by atoms with E-state index in [1.807, 2.05) is 27.7 Å². The van der Waals surface area contributed by atoms with Gasteiger partial charge in [-0.05, 0) is 49.7 Å². The quantitative estimate of drug-likeness (QED) is 0.151. The second kappa shape index (κ2) is 13.7. The van der Waals surface area contributed by atoms with Crippen LogP contribution in [0, 0.1) is 18.2 Å². The molecule has 0 spiro atoms. The summed E-state index contributed by atoms with van der Waals surface area (Å²) in [6, 6.07) is 15.8. The zero-order valence-corrected chi connectivity index (χ0v) is 28.4. The van der Waals surface area contributed by atoms with E-state index in [1.165, 1.54) is 19.1 Å². The third kappa shape index (κ3) is 8.46. The number of carbonyl (C=O) groups excluding carboxylic acids is 3. The fraction of sp³-hybridized carbons (Fsp3) is 0.343. The van der Waals surface area contributed by atoms with Gasteiger partial charge in [0, 0.05) is 47.5 Å². The minimum absolute atomic E-state index is 0.0388. The Bertz CT molecular complexity index is 1810. The van der Waals surface area contributed by atoms with Crippen LogP contribution in [0.5, 0.6) is 11.5 Å². The van der Waals surface area contributed by atoms with Crippen molar-refractivity contribution in [2.24, 2.45) is 11.1 Å². The molecule has 0 fully saturated rings. The Morgan fingerprint density at radius 3 is 2.15 bits per heavy atom. The maximum absolute atomic E-state index is 15.0. The van der Waals surface area contributed by atoms with E-state index in [0.29, 0.717) is 22.9 Å². The normalized spacial score (nSPS) is 12.9. The van der Waals surface area contributed by atoms with E-state index in [1.54, 1.807) is 80.2 Å². The maximum Gasteiger partial charge on any atom is 0.405 e. The number of ether oxygens (including phenoxy) is 2. The lowest BCUT2D eigenvalue weighted by atomic mass is 9.77. The number of hydrogen-bond acceptors (Lipinski definition) is 7. The Balaban J connectivity index is 1.48. The van der Waals surface area contributed by atoms with Crippen LogP contribution in [-0.2, 0) is 21.5 Å². The highest BCUT2D eigenvalue weighted by atomic mass is 19.1. The van der Waals surface area contributed by atoms with E-state index in [9.17, 15) is 18.8 Å². The molecule has 0 bridgehead atoms. The Hall–Kier alpha value is -5.46. The summed E-state index contributed by atoms with van der Waals surface area (Å²) in [7, 11) is 0. The predicted octanol–water partition coefficient (Wildman–Crippen LogP) is 6.96. The summed E-state index contributed by atoms with van der Waals surface area (Å²) < 4.78 is 27.5. The second-order valence-corrected chi connectivity index (χ2v) is 13.6. The SMILES string of the molecule is Cc1cc(Oc2ccc(NC(=O)Nc3cc(C(C)(C)C)nn3-c3ccc(CNC(=O)C(C)(OC(N)=O)C(C)(C)C)cc3)c(F)c2)ccn1. The van der Waals surface area contributed by atoms with E-state index in [2.05, 4.69) is 20.9 Å². The van der Waals surface area contributed by atoms with Gasteiger partial charge in [-0.2, -0.15) is 5.10 Å². The topological polar surface area (TPSA) is 162 Å². The van der Waals surface area contributed by atoms with Gasteiger partial charge in [0.15, 0.2) is 5.60 Å². The van der Waals surface area contributed by atoms with Crippen molar-refractivity contribution in [1.82, 2.24) is 20.1 Å². The zero-order valence-electron chi connectivity index (χ0n) is 28.4. The van der Waals surface area contributed by atoms with Crippen LogP contribution in [-0.4, -0.2) is 38.4 Å². The Kier molecular flexibility index (Phi) is 10.1. The number of nitrogens with two attached hydrogens (primary N) is 1. The van der Waals surface area contributed by atoms with Crippen LogP contribution >= 0.6 is 0 Å². The number of anilines is 2. The Labute approximate surface area is 279 Å². The van der Waals surface area contributed by atoms with Crippen LogP contribution in [0.4, 0.5) is 25.5 Å². The number of benzene rings is 2. The number of pyridine rings is 1. The van der Waals surface area contributed by atoms with E-state index in [4.69, 9.17) is 20.3 Å². The number of nitrogens with zero attached hydrogens (tertiary/aromatic N) is 3. The molecule has 0 radical (unpaired) electrons. The van der Waals surface area contributed by atoms with Crippen LogP contribution in [0.15, 0.2) is 66.9 Å². The third-order valence-electron chi connectivity index (χ3n) is 7.82. The first-order valence-electron chi connectivity index (χ1n) is 15.3. The maximum atomic E-state index is 15.0. The molecule has 13 heteroatoms. The number of carbonyl (C=O) groups is 3. The molecule has 1 atom stereocenters. The lowest BCUT2D eigenvalue weighted by molar-refractivity contribution is -0.149. The Morgan fingerprint density at radius 1 is 0.896 bits per heavy atom. The number of aryl methyl sites for hydroxylation is 1. The second-order valence-electron chi connectivity index (χ2n) is 13.6. The molecule has 4 rings (SSSR count). The van der Waals surface area contributed by atoms with Crippen molar-refractivity contribution in [3.63, 3.8) is 0 Å². The minimum atomic E-state index is -1.49. The molecule has 4 aromatic rings. The van der Waals surface area contributed by atoms with Crippen LogP contribution in [0.3, 0.4) is 0 Å². The molecule has 2 heterocycles. The summed E-state index contributed by atoms with van der Waals surface area (Å²) in [6.45, 7) is 14.8. The van der Waals surface area contributed by atoms with Crippen molar-refractivity contribution in [3.05, 3.63) is 89.6 Å². The highest BCUT2D eigenvalue weighted by Gasteiger charge is 2.47. The molecule has 4 amide bonds. The van der Waals surface area contributed by atoms with Crippen molar-refractivity contribution in [1.29, 1.82) is 0 Å². The van der Waals surface area contributed by atoms with Crippen molar-refractivity contribution < 1.29 is 28.2 Å². The van der Waals surface area contributed by atoms with Gasteiger partial charge < -0.3 is 25.8 Å². The van der Waals surface area contributed by atoms with Crippen molar-refractivity contribution in [3.8, 4) is 17.2 Å². The van der Waals surface area contributed by atoms with Crippen molar-refractivity contribution in [2.45, 2.75) is 73.0 Å². The van der Waals surface area contributed by atoms with Gasteiger partial charge in [0.05, 0.1) is 17.1 Å². The van der Waals surface area contributed by atoms with E-state index in [0.717, 1.165) is 11.3 Å². The van der Waals surface area contributed by atoms with Crippen molar-refractivity contribution >= 4 is 29.5 Å². The average Bonchev–Trinajstić information content (AvgIpc) is 3.41. The number of halogens is 1. The fourth-order valence-corrected chi connectivity index (χ4v) is 4.53. The molecule has 0 aliphatic rings. The van der Waals surface area contributed by atoms with Gasteiger partial charge in [0.1, 0.15) is 23.1 Å². The molecular weight excluding hydrogens is 617 g/mol. The number of primary amides is 1. The largest absolute Gasteiger partial charge is 0.457 e. The van der Waals surface area contributed by atoms with Gasteiger partial charge in [0.25, 0.3) is 5.91 Å². The molecule has 5 N–H and O–H groups in total. The molecular formula is C35H42FN7O5. The number of amides is 4. The summed E-state index contributed by atoms with van der Waals surface area (Å²) >= 11 is 0. The summed E-state index contributed by atoms with van der Waals surface area (Å²) in [5.41, 5.74) is 5.51. The standard InChI is InChI=1S/C35H42FN7O5/c1-21-17-25(15-16-38-21)47-24-13-14-27(26(36)18-24)40-32(46)41-29-19-28(33(2,3)4)42-43(29)23-11-9-22(10-12-23)20-39-30(44)35(8,34(5,6)7)48-31(37)45/h9-19H,20H2,1-8H3,(H2,37,45)(H,39,44)(H2,40,41,46). The molecule has 254 valence electrons. The highest BCUT2D eigenvalue weighted by Crippen LogP contribution is 2.34. The molecule has 12 nitrogen and oxygen atoms in total. The predicted molar refractivity (Wildman–Crippen MR) is 181 cm³/mol. The number of aromatic nitrogens is 3. The number of rotatable bonds is 9. The smallest absolute Gasteiger partial charge is 0.405 e. The molecule has 1 unspecified atom stereocenters. The van der Waals surface area contributed by atoms with Gasteiger partial charge >= 0.3 is 12.1 Å².